The van der Waals surface area contributed by atoms with E-state index in [-0.39, 0.29) is 18.0 Å². The number of imidazole rings is 1. The number of pyridine rings is 1. The Bertz CT molecular complexity index is 1010. The van der Waals surface area contributed by atoms with E-state index in [1.54, 1.807) is 18.2 Å². The molecule has 2 aromatic heterocycles. The van der Waals surface area contributed by atoms with Crippen molar-refractivity contribution in [1.82, 2.24) is 14.5 Å². The highest BCUT2D eigenvalue weighted by molar-refractivity contribution is 5.87. The number of hydrogen-bond donors (Lipinski definition) is 2. The summed E-state index contributed by atoms with van der Waals surface area (Å²) in [5.41, 5.74) is 2.80. The number of rotatable bonds is 9. The smallest absolute Gasteiger partial charge is 0.335 e. The van der Waals surface area contributed by atoms with Gasteiger partial charge in [-0.3, -0.25) is 4.98 Å². The van der Waals surface area contributed by atoms with Gasteiger partial charge in [-0.1, -0.05) is 18.7 Å². The number of carboxylic acid groups (broad SMARTS) is 1. The summed E-state index contributed by atoms with van der Waals surface area (Å²) in [7, 11) is 0. The Morgan fingerprint density at radius 1 is 1.14 bits per heavy atom. The maximum absolute atomic E-state index is 13.1. The average Bonchev–Trinajstić information content (AvgIpc) is 3.11. The van der Waals surface area contributed by atoms with Gasteiger partial charge < -0.3 is 14.8 Å². The third-order valence-electron chi connectivity index (χ3n) is 4.53. The molecule has 0 aliphatic carbocycles. The number of aromatic nitrogens is 3. The van der Waals surface area contributed by atoms with Crippen LogP contribution in [-0.4, -0.2) is 30.7 Å². The first-order chi connectivity index (χ1) is 14.0. The van der Waals surface area contributed by atoms with E-state index >= 15 is 0 Å². The first-order valence-corrected chi connectivity index (χ1v) is 9.25. The predicted octanol–water partition coefficient (Wildman–Crippen LogP) is 3.47. The lowest BCUT2D eigenvalue weighted by molar-refractivity contribution is 0.0696. The predicted molar refractivity (Wildman–Crippen MR) is 107 cm³/mol. The Morgan fingerprint density at radius 2 is 1.86 bits per heavy atom. The van der Waals surface area contributed by atoms with Crippen molar-refractivity contribution in [3.8, 4) is 0 Å². The molecule has 2 N–H and O–H groups in total. The van der Waals surface area contributed by atoms with Crippen LogP contribution in [0.25, 0.3) is 6.08 Å². The highest BCUT2D eigenvalue weighted by Gasteiger charge is 2.11. The molecule has 0 fully saturated rings. The monoisotopic (exact) mass is 395 g/mol. The highest BCUT2D eigenvalue weighted by Crippen LogP contribution is 2.14. The number of hydrogen-bond acceptors (Lipinski definition) is 4. The summed E-state index contributed by atoms with van der Waals surface area (Å²) >= 11 is 0. The van der Waals surface area contributed by atoms with Crippen LogP contribution < -0.4 is 0 Å². The number of halogens is 1. The zero-order valence-corrected chi connectivity index (χ0v) is 15.9. The fourth-order valence-corrected chi connectivity index (χ4v) is 3.11. The maximum Gasteiger partial charge on any atom is 0.335 e. The molecule has 7 heteroatoms. The topological polar surface area (TPSA) is 88.2 Å². The quantitative estimate of drug-likeness (QED) is 0.579. The largest absolute Gasteiger partial charge is 0.478 e. The molecule has 150 valence electrons. The van der Waals surface area contributed by atoms with Gasteiger partial charge in [0.15, 0.2) is 0 Å². The number of aliphatic hydroxyl groups is 1. The molecule has 0 aliphatic heterocycles. The van der Waals surface area contributed by atoms with E-state index in [0.717, 1.165) is 17.1 Å². The number of benzene rings is 1. The van der Waals surface area contributed by atoms with Crippen molar-refractivity contribution in [2.45, 2.75) is 32.4 Å². The summed E-state index contributed by atoms with van der Waals surface area (Å²) in [6.07, 6.45) is 5.50. The number of aryl methyl sites for hydroxylation is 2. The Balaban J connectivity index is 1.71. The molecule has 0 saturated carbocycles. The summed E-state index contributed by atoms with van der Waals surface area (Å²) in [5, 5.41) is 18.5. The van der Waals surface area contributed by atoms with Crippen molar-refractivity contribution < 1.29 is 19.4 Å². The molecule has 29 heavy (non-hydrogen) atoms. The van der Waals surface area contributed by atoms with Crippen molar-refractivity contribution in [2.75, 3.05) is 0 Å². The molecule has 0 unspecified atom stereocenters. The van der Waals surface area contributed by atoms with Crippen molar-refractivity contribution in [3.05, 3.63) is 89.0 Å². The van der Waals surface area contributed by atoms with Crippen molar-refractivity contribution in [1.29, 1.82) is 0 Å². The summed E-state index contributed by atoms with van der Waals surface area (Å²) in [4.78, 5) is 20.1. The second-order valence-electron chi connectivity index (χ2n) is 6.70. The molecule has 0 saturated heterocycles. The average molecular weight is 395 g/mol. The van der Waals surface area contributed by atoms with Crippen LogP contribution in [-0.2, 0) is 26.0 Å². The van der Waals surface area contributed by atoms with Crippen LogP contribution in [0.3, 0.4) is 0 Å². The van der Waals surface area contributed by atoms with E-state index in [1.165, 1.54) is 24.3 Å². The maximum atomic E-state index is 13.1. The molecule has 3 rings (SSSR count). The number of aliphatic hydroxyl groups excluding tert-OH is 1. The SMILES string of the molecule is C=Cc1cn(Cc2ccc(F)cc2)c(CCCc2cc(C(=O)O)cc(CO)n2)n1. The van der Waals surface area contributed by atoms with E-state index in [4.69, 9.17) is 0 Å². The molecule has 0 spiro atoms. The molecule has 0 bridgehead atoms. The number of aromatic carboxylic acids is 1. The Morgan fingerprint density at radius 3 is 2.52 bits per heavy atom. The summed E-state index contributed by atoms with van der Waals surface area (Å²) in [6.45, 7) is 4.02. The third kappa shape index (κ3) is 5.36. The lowest BCUT2D eigenvalue weighted by Crippen LogP contribution is -2.07. The fourth-order valence-electron chi connectivity index (χ4n) is 3.11. The van der Waals surface area contributed by atoms with Gasteiger partial charge in [0.1, 0.15) is 11.6 Å². The van der Waals surface area contributed by atoms with Crippen molar-refractivity contribution in [2.24, 2.45) is 0 Å². The van der Waals surface area contributed by atoms with Crippen molar-refractivity contribution >= 4 is 12.0 Å². The van der Waals surface area contributed by atoms with Crippen molar-refractivity contribution in [3.63, 3.8) is 0 Å². The van der Waals surface area contributed by atoms with Crippen LogP contribution in [0.5, 0.6) is 0 Å². The van der Waals surface area contributed by atoms with Gasteiger partial charge in [0.2, 0.25) is 0 Å². The first-order valence-electron chi connectivity index (χ1n) is 9.25. The molecule has 2 heterocycles. The van der Waals surface area contributed by atoms with Gasteiger partial charge in [-0.15, -0.1) is 0 Å². The number of carboxylic acids is 1. The van der Waals surface area contributed by atoms with Crippen LogP contribution in [0.15, 0.2) is 49.2 Å². The van der Waals surface area contributed by atoms with Gasteiger partial charge >= 0.3 is 5.97 Å². The van der Waals surface area contributed by atoms with E-state index in [2.05, 4.69) is 16.5 Å². The van der Waals surface area contributed by atoms with Crippen LogP contribution in [0, 0.1) is 5.82 Å². The first kappa shape index (κ1) is 20.4. The number of carbonyl (C=O) groups is 1. The van der Waals surface area contributed by atoms with Crippen LogP contribution in [0.4, 0.5) is 4.39 Å². The van der Waals surface area contributed by atoms with E-state index in [0.29, 0.717) is 37.2 Å². The normalized spacial score (nSPS) is 10.8. The Hall–Kier alpha value is -3.32. The standard InChI is InChI=1S/C22H22FN3O3/c1-2-18-13-26(12-15-6-8-17(23)9-7-15)21(25-18)5-3-4-19-10-16(22(28)29)11-20(14-27)24-19/h2,6-11,13,27H,1,3-5,12,14H2,(H,28,29). The van der Waals surface area contributed by atoms with Gasteiger partial charge in [-0.05, 0) is 48.7 Å². The minimum Gasteiger partial charge on any atom is -0.478 e. The molecule has 1 aromatic carbocycles. The zero-order chi connectivity index (χ0) is 20.8. The molecular formula is C22H22FN3O3. The molecule has 0 radical (unpaired) electrons. The van der Waals surface area contributed by atoms with Crippen LogP contribution in [0.1, 0.15) is 45.2 Å². The third-order valence-corrected chi connectivity index (χ3v) is 4.53. The van der Waals surface area contributed by atoms with E-state index < -0.39 is 5.97 Å². The molecular weight excluding hydrogens is 373 g/mol. The molecule has 0 atom stereocenters. The van der Waals surface area contributed by atoms with E-state index in [1.807, 2.05) is 10.8 Å². The van der Waals surface area contributed by atoms with Gasteiger partial charge in [0.05, 0.1) is 23.6 Å². The number of nitrogens with zero attached hydrogens (tertiary/aromatic N) is 3. The summed E-state index contributed by atoms with van der Waals surface area (Å²) in [6, 6.07) is 9.24. The zero-order valence-electron chi connectivity index (χ0n) is 15.9. The molecule has 3 aromatic rings. The minimum atomic E-state index is -1.05. The lowest BCUT2D eigenvalue weighted by atomic mass is 10.1. The molecule has 0 amide bonds. The molecule has 6 nitrogen and oxygen atoms in total. The van der Waals surface area contributed by atoms with Gasteiger partial charge in [0, 0.05) is 24.9 Å². The second kappa shape index (κ2) is 9.25. The summed E-state index contributed by atoms with van der Waals surface area (Å²) < 4.78 is 15.1. The molecule has 0 aliphatic rings. The van der Waals surface area contributed by atoms with Crippen LogP contribution >= 0.6 is 0 Å². The highest BCUT2D eigenvalue weighted by atomic mass is 19.1. The fraction of sp³-hybridized carbons (Fsp3) is 0.227. The van der Waals surface area contributed by atoms with Crippen LogP contribution in [0.2, 0.25) is 0 Å². The van der Waals surface area contributed by atoms with Gasteiger partial charge in [-0.2, -0.15) is 0 Å². The summed E-state index contributed by atoms with van der Waals surface area (Å²) in [5.74, 6) is -0.459. The van der Waals surface area contributed by atoms with Gasteiger partial charge in [0.25, 0.3) is 0 Å². The second-order valence-corrected chi connectivity index (χ2v) is 6.70. The minimum absolute atomic E-state index is 0.116. The van der Waals surface area contributed by atoms with E-state index in [9.17, 15) is 19.4 Å². The Labute approximate surface area is 168 Å². The Kier molecular flexibility index (Phi) is 6.51. The lowest BCUT2D eigenvalue weighted by Gasteiger charge is -2.09. The van der Waals surface area contributed by atoms with Gasteiger partial charge in [-0.25, -0.2) is 14.2 Å².